The molecule has 3 aromatic carbocycles. The zero-order chi connectivity index (χ0) is 26.3. The molecule has 0 aliphatic carbocycles. The average Bonchev–Trinajstić information content (AvgIpc) is 2.89. The second kappa shape index (κ2) is 11.9. The highest BCUT2D eigenvalue weighted by Crippen LogP contribution is 2.24. The Hall–Kier alpha value is -3.85. The monoisotopic (exact) mass is 535 g/mol. The van der Waals surface area contributed by atoms with Crippen LogP contribution in [0.25, 0.3) is 6.08 Å². The van der Waals surface area contributed by atoms with E-state index in [2.05, 4.69) is 10.3 Å². The van der Waals surface area contributed by atoms with Crippen molar-refractivity contribution in [3.63, 3.8) is 0 Å². The molecule has 0 atom stereocenters. The van der Waals surface area contributed by atoms with Crippen LogP contribution in [0, 0.1) is 5.82 Å². The average molecular weight is 536 g/mol. The van der Waals surface area contributed by atoms with Crippen molar-refractivity contribution >= 4 is 39.3 Å². The third-order valence-electron chi connectivity index (χ3n) is 5.41. The second-order valence-electron chi connectivity index (χ2n) is 8.16. The molecule has 4 rings (SSSR count). The Morgan fingerprint density at radius 2 is 1.59 bits per heavy atom. The van der Waals surface area contributed by atoms with Gasteiger partial charge in [0.05, 0.1) is 4.90 Å². The normalized spacial score (nSPS) is 11.6. The van der Waals surface area contributed by atoms with Crippen molar-refractivity contribution in [1.29, 1.82) is 0 Å². The summed E-state index contributed by atoms with van der Waals surface area (Å²) in [6.07, 6.45) is 6.29. The molecule has 1 aromatic heterocycles. The van der Waals surface area contributed by atoms with Crippen molar-refractivity contribution in [2.75, 3.05) is 5.32 Å². The van der Waals surface area contributed by atoms with E-state index < -0.39 is 15.8 Å². The van der Waals surface area contributed by atoms with Gasteiger partial charge in [0.2, 0.25) is 15.9 Å². The molecule has 9 heteroatoms. The molecule has 37 heavy (non-hydrogen) atoms. The summed E-state index contributed by atoms with van der Waals surface area (Å²) in [6, 6.07) is 22.1. The number of rotatable bonds is 9. The number of nitrogens with one attached hydrogen (secondary N) is 1. The molecule has 1 amide bonds. The molecule has 4 aromatic rings. The molecular formula is C28H23ClFN3O3S. The number of hydrogen-bond donors (Lipinski definition) is 1. The van der Waals surface area contributed by atoms with E-state index in [1.54, 1.807) is 67.0 Å². The number of aromatic nitrogens is 1. The predicted molar refractivity (Wildman–Crippen MR) is 143 cm³/mol. The van der Waals surface area contributed by atoms with Gasteiger partial charge in [0, 0.05) is 42.3 Å². The first kappa shape index (κ1) is 26.2. The lowest BCUT2D eigenvalue weighted by atomic mass is 10.2. The number of hydrogen-bond acceptors (Lipinski definition) is 4. The summed E-state index contributed by atoms with van der Waals surface area (Å²) < 4.78 is 41.9. The minimum atomic E-state index is -3.95. The van der Waals surface area contributed by atoms with Crippen LogP contribution in [0.15, 0.2) is 108 Å². The fourth-order valence-corrected chi connectivity index (χ4v) is 5.18. The Morgan fingerprint density at radius 1 is 0.919 bits per heavy atom. The first-order valence-electron chi connectivity index (χ1n) is 11.3. The number of sulfonamides is 1. The highest BCUT2D eigenvalue weighted by atomic mass is 35.5. The van der Waals surface area contributed by atoms with Crippen molar-refractivity contribution in [3.8, 4) is 0 Å². The van der Waals surface area contributed by atoms with Gasteiger partial charge in [-0.15, -0.1) is 0 Å². The van der Waals surface area contributed by atoms with Crippen LogP contribution < -0.4 is 5.32 Å². The van der Waals surface area contributed by atoms with E-state index in [4.69, 9.17) is 11.6 Å². The molecule has 0 bridgehead atoms. The minimum absolute atomic E-state index is 0.0351. The smallest absolute Gasteiger partial charge is 0.248 e. The van der Waals surface area contributed by atoms with Crippen molar-refractivity contribution in [1.82, 2.24) is 9.29 Å². The zero-order valence-corrected chi connectivity index (χ0v) is 21.2. The fourth-order valence-electron chi connectivity index (χ4n) is 3.55. The maximum atomic E-state index is 13.6. The SMILES string of the molecule is O=C(/C=C/c1ccncc1)Nc1ccc(S(=O)(=O)N(Cc2ccc(F)cc2)Cc2cccc(Cl)c2)cc1. The molecule has 0 saturated heterocycles. The number of amides is 1. The van der Waals surface area contributed by atoms with Gasteiger partial charge in [-0.25, -0.2) is 12.8 Å². The van der Waals surface area contributed by atoms with E-state index in [0.717, 1.165) is 5.56 Å². The molecule has 6 nitrogen and oxygen atoms in total. The Labute approximate surface area is 220 Å². The first-order chi connectivity index (χ1) is 17.8. The van der Waals surface area contributed by atoms with Gasteiger partial charge < -0.3 is 5.32 Å². The van der Waals surface area contributed by atoms with E-state index >= 15 is 0 Å². The van der Waals surface area contributed by atoms with Gasteiger partial charge in [0.1, 0.15) is 5.82 Å². The van der Waals surface area contributed by atoms with E-state index in [1.165, 1.54) is 46.8 Å². The Morgan fingerprint density at radius 3 is 2.27 bits per heavy atom. The molecule has 0 aliphatic rings. The third-order valence-corrected chi connectivity index (χ3v) is 7.45. The number of halogens is 2. The van der Waals surface area contributed by atoms with Gasteiger partial charge in [0.15, 0.2) is 0 Å². The van der Waals surface area contributed by atoms with Crippen LogP contribution in [0.2, 0.25) is 5.02 Å². The van der Waals surface area contributed by atoms with Crippen LogP contribution in [0.3, 0.4) is 0 Å². The zero-order valence-electron chi connectivity index (χ0n) is 19.6. The topological polar surface area (TPSA) is 79.4 Å². The van der Waals surface area contributed by atoms with E-state index in [9.17, 15) is 17.6 Å². The summed E-state index contributed by atoms with van der Waals surface area (Å²) in [4.78, 5) is 16.2. The fraction of sp³-hybridized carbons (Fsp3) is 0.0714. The lowest BCUT2D eigenvalue weighted by molar-refractivity contribution is -0.111. The molecule has 0 fully saturated rings. The number of carbonyl (C=O) groups is 1. The molecule has 0 radical (unpaired) electrons. The van der Waals surface area contributed by atoms with Crippen LogP contribution in [0.4, 0.5) is 10.1 Å². The Bertz CT molecular complexity index is 1490. The summed E-state index contributed by atoms with van der Waals surface area (Å²) >= 11 is 6.10. The lowest BCUT2D eigenvalue weighted by Gasteiger charge is -2.23. The molecule has 0 spiro atoms. The Kier molecular flexibility index (Phi) is 8.45. The third kappa shape index (κ3) is 7.33. The predicted octanol–water partition coefficient (Wildman–Crippen LogP) is 5.92. The molecule has 1 heterocycles. The summed E-state index contributed by atoms with van der Waals surface area (Å²) in [7, 11) is -3.95. The maximum absolute atomic E-state index is 13.6. The highest BCUT2D eigenvalue weighted by molar-refractivity contribution is 7.89. The van der Waals surface area contributed by atoms with E-state index in [1.807, 2.05) is 0 Å². The second-order valence-corrected chi connectivity index (χ2v) is 10.5. The van der Waals surface area contributed by atoms with Crippen LogP contribution in [-0.4, -0.2) is 23.6 Å². The molecule has 0 unspecified atom stereocenters. The molecular weight excluding hydrogens is 513 g/mol. The van der Waals surface area contributed by atoms with Crippen molar-refractivity contribution in [2.24, 2.45) is 0 Å². The number of benzene rings is 3. The van der Waals surface area contributed by atoms with Gasteiger partial charge in [-0.05, 0) is 83.4 Å². The van der Waals surface area contributed by atoms with Gasteiger partial charge >= 0.3 is 0 Å². The quantitative estimate of drug-likeness (QED) is 0.270. The first-order valence-corrected chi connectivity index (χ1v) is 13.1. The van der Waals surface area contributed by atoms with Crippen LogP contribution in [0.1, 0.15) is 16.7 Å². The van der Waals surface area contributed by atoms with Gasteiger partial charge in [-0.2, -0.15) is 4.31 Å². The summed E-state index contributed by atoms with van der Waals surface area (Å²) in [5, 5.41) is 3.21. The van der Waals surface area contributed by atoms with Crippen LogP contribution in [-0.2, 0) is 27.9 Å². The summed E-state index contributed by atoms with van der Waals surface area (Å²) in [6.45, 7) is 0.103. The minimum Gasteiger partial charge on any atom is -0.323 e. The number of carbonyl (C=O) groups excluding carboxylic acids is 1. The standard InChI is InChI=1S/C28H23ClFN3O3S/c29-24-3-1-2-23(18-24)20-33(19-22-4-7-25(30)8-5-22)37(35,36)27-11-9-26(10-12-27)32-28(34)13-6-21-14-16-31-17-15-21/h1-18H,19-20H2,(H,32,34)/b13-6+. The van der Waals surface area contributed by atoms with E-state index in [-0.39, 0.29) is 23.9 Å². The molecule has 0 aliphatic heterocycles. The van der Waals surface area contributed by atoms with Gasteiger partial charge in [-0.1, -0.05) is 35.9 Å². The number of pyridine rings is 1. The summed E-state index contributed by atoms with van der Waals surface area (Å²) in [5.74, 6) is -0.757. The number of anilines is 1. The van der Waals surface area contributed by atoms with Gasteiger partial charge in [0.25, 0.3) is 0 Å². The number of nitrogens with zero attached hydrogens (tertiary/aromatic N) is 2. The maximum Gasteiger partial charge on any atom is 0.248 e. The molecule has 1 N–H and O–H groups in total. The van der Waals surface area contributed by atoms with Crippen molar-refractivity contribution < 1.29 is 17.6 Å². The van der Waals surface area contributed by atoms with Gasteiger partial charge in [-0.3, -0.25) is 9.78 Å². The summed E-state index contributed by atoms with van der Waals surface area (Å²) in [5.41, 5.74) is 2.62. The van der Waals surface area contributed by atoms with Crippen LogP contribution in [0.5, 0.6) is 0 Å². The Balaban J connectivity index is 1.53. The lowest BCUT2D eigenvalue weighted by Crippen LogP contribution is -2.30. The highest BCUT2D eigenvalue weighted by Gasteiger charge is 2.25. The molecule has 188 valence electrons. The largest absolute Gasteiger partial charge is 0.323 e. The van der Waals surface area contributed by atoms with Crippen LogP contribution >= 0.6 is 11.6 Å². The molecule has 0 saturated carbocycles. The van der Waals surface area contributed by atoms with E-state index in [0.29, 0.717) is 21.8 Å². The van der Waals surface area contributed by atoms with Crippen molar-refractivity contribution in [2.45, 2.75) is 18.0 Å². The van der Waals surface area contributed by atoms with Crippen molar-refractivity contribution in [3.05, 3.63) is 131 Å².